The highest BCUT2D eigenvalue weighted by atomic mass is 32.1. The Balaban J connectivity index is 1.58. The maximum Gasteiger partial charge on any atom is 0.230 e. The van der Waals surface area contributed by atoms with Crippen molar-refractivity contribution in [3.63, 3.8) is 0 Å². The van der Waals surface area contributed by atoms with E-state index in [1.54, 1.807) is 12.1 Å². The van der Waals surface area contributed by atoms with Crippen molar-refractivity contribution in [2.45, 2.75) is 19.8 Å². The molecular weight excluding hydrogens is 337 g/mol. The molecule has 3 aromatic rings. The van der Waals surface area contributed by atoms with Gasteiger partial charge in [-0.25, -0.2) is 9.37 Å². The van der Waals surface area contributed by atoms with Crippen LogP contribution in [0.2, 0.25) is 0 Å². The van der Waals surface area contributed by atoms with Gasteiger partial charge in [-0.05, 0) is 42.3 Å². The second-order valence-corrected chi connectivity index (χ2v) is 6.41. The smallest absolute Gasteiger partial charge is 0.230 e. The van der Waals surface area contributed by atoms with Gasteiger partial charge in [0.2, 0.25) is 5.91 Å². The summed E-state index contributed by atoms with van der Waals surface area (Å²) in [6.45, 7) is 2.12. The lowest BCUT2D eigenvalue weighted by Gasteiger charge is -2.04. The lowest BCUT2D eigenvalue weighted by molar-refractivity contribution is -0.115. The first kappa shape index (κ1) is 17.1. The molecule has 0 aliphatic heterocycles. The first-order chi connectivity index (χ1) is 12.1. The van der Waals surface area contributed by atoms with Gasteiger partial charge in [0.05, 0.1) is 12.1 Å². The summed E-state index contributed by atoms with van der Waals surface area (Å²) in [7, 11) is 0. The van der Waals surface area contributed by atoms with E-state index in [2.05, 4.69) is 34.7 Å². The summed E-state index contributed by atoms with van der Waals surface area (Å²) in [4.78, 5) is 16.5. The summed E-state index contributed by atoms with van der Waals surface area (Å²) in [5.74, 6) is -0.609. The fourth-order valence-corrected chi connectivity index (χ4v) is 3.06. The summed E-state index contributed by atoms with van der Waals surface area (Å²) >= 11 is 1.44. The van der Waals surface area contributed by atoms with Gasteiger partial charge >= 0.3 is 0 Å². The van der Waals surface area contributed by atoms with Crippen LogP contribution in [0.3, 0.4) is 0 Å². The first-order valence-corrected chi connectivity index (χ1v) is 8.86. The molecule has 6 heteroatoms. The molecule has 1 heterocycles. The molecule has 3 rings (SSSR count). The van der Waals surface area contributed by atoms with Crippen LogP contribution in [0, 0.1) is 5.82 Å². The SMILES string of the molecule is CCc1ccc(Nc2nc(CC(=O)Nc3cccc(F)c3)cs2)cc1. The lowest BCUT2D eigenvalue weighted by Crippen LogP contribution is -2.14. The third-order valence-electron chi connectivity index (χ3n) is 3.62. The van der Waals surface area contributed by atoms with E-state index in [1.807, 2.05) is 17.5 Å². The van der Waals surface area contributed by atoms with E-state index in [4.69, 9.17) is 0 Å². The minimum absolute atomic E-state index is 0.142. The summed E-state index contributed by atoms with van der Waals surface area (Å²) in [6.07, 6.45) is 1.14. The fourth-order valence-electron chi connectivity index (χ4n) is 2.33. The number of amides is 1. The second-order valence-electron chi connectivity index (χ2n) is 5.55. The van der Waals surface area contributed by atoms with Gasteiger partial charge in [0.25, 0.3) is 0 Å². The van der Waals surface area contributed by atoms with Crippen molar-refractivity contribution in [2.24, 2.45) is 0 Å². The Morgan fingerprint density at radius 1 is 1.16 bits per heavy atom. The van der Waals surface area contributed by atoms with Gasteiger partial charge in [-0.1, -0.05) is 25.1 Å². The van der Waals surface area contributed by atoms with Crippen LogP contribution in [0.4, 0.5) is 20.9 Å². The van der Waals surface area contributed by atoms with Crippen LogP contribution in [0.25, 0.3) is 0 Å². The molecule has 0 unspecified atom stereocenters. The molecule has 4 nitrogen and oxygen atoms in total. The predicted molar refractivity (Wildman–Crippen MR) is 100.0 cm³/mol. The van der Waals surface area contributed by atoms with Crippen molar-refractivity contribution in [1.29, 1.82) is 0 Å². The van der Waals surface area contributed by atoms with Gasteiger partial charge in [-0.15, -0.1) is 11.3 Å². The van der Waals surface area contributed by atoms with E-state index in [0.29, 0.717) is 11.4 Å². The zero-order valence-corrected chi connectivity index (χ0v) is 14.6. The molecule has 0 aliphatic carbocycles. The molecule has 1 aromatic heterocycles. The van der Waals surface area contributed by atoms with Crippen LogP contribution in [-0.4, -0.2) is 10.9 Å². The van der Waals surface area contributed by atoms with Crippen molar-refractivity contribution in [1.82, 2.24) is 4.98 Å². The van der Waals surface area contributed by atoms with E-state index >= 15 is 0 Å². The molecule has 25 heavy (non-hydrogen) atoms. The topological polar surface area (TPSA) is 54.0 Å². The third-order valence-corrected chi connectivity index (χ3v) is 4.42. The number of carbonyl (C=O) groups is 1. The maximum atomic E-state index is 13.1. The Kier molecular flexibility index (Phi) is 5.40. The molecule has 0 bridgehead atoms. The van der Waals surface area contributed by atoms with Gasteiger partial charge in [0.1, 0.15) is 5.82 Å². The molecule has 128 valence electrons. The van der Waals surface area contributed by atoms with Gasteiger partial charge < -0.3 is 10.6 Å². The normalized spacial score (nSPS) is 10.5. The van der Waals surface area contributed by atoms with Gasteiger partial charge in [0.15, 0.2) is 5.13 Å². The number of rotatable bonds is 6. The Hall–Kier alpha value is -2.73. The number of hydrogen-bond acceptors (Lipinski definition) is 4. The molecule has 0 atom stereocenters. The number of hydrogen-bond donors (Lipinski definition) is 2. The number of aryl methyl sites for hydroxylation is 1. The largest absolute Gasteiger partial charge is 0.332 e. The van der Waals surface area contributed by atoms with Crippen molar-refractivity contribution in [3.8, 4) is 0 Å². The zero-order valence-electron chi connectivity index (χ0n) is 13.8. The minimum atomic E-state index is -0.382. The predicted octanol–water partition coefficient (Wildman–Crippen LogP) is 4.77. The maximum absolute atomic E-state index is 13.1. The van der Waals surface area contributed by atoms with Crippen molar-refractivity contribution >= 4 is 33.8 Å². The number of halogens is 1. The highest BCUT2D eigenvalue weighted by Gasteiger charge is 2.09. The number of benzene rings is 2. The molecule has 0 radical (unpaired) electrons. The summed E-state index contributed by atoms with van der Waals surface area (Å²) in [6, 6.07) is 14.0. The Bertz CT molecular complexity index is 861. The lowest BCUT2D eigenvalue weighted by atomic mass is 10.1. The molecule has 1 amide bonds. The van der Waals surface area contributed by atoms with Crippen LogP contribution in [0.1, 0.15) is 18.2 Å². The highest BCUT2D eigenvalue weighted by Crippen LogP contribution is 2.22. The molecule has 2 N–H and O–H groups in total. The molecule has 0 saturated heterocycles. The number of aromatic nitrogens is 1. The average molecular weight is 355 g/mol. The molecule has 0 spiro atoms. The molecule has 2 aromatic carbocycles. The van der Waals surface area contributed by atoms with Gasteiger partial charge in [-0.2, -0.15) is 0 Å². The van der Waals surface area contributed by atoms with E-state index in [-0.39, 0.29) is 18.1 Å². The number of anilines is 3. The van der Waals surface area contributed by atoms with Gasteiger partial charge in [-0.3, -0.25) is 4.79 Å². The average Bonchev–Trinajstić information content (AvgIpc) is 3.02. The van der Waals surface area contributed by atoms with E-state index in [9.17, 15) is 9.18 Å². The van der Waals surface area contributed by atoms with Crippen LogP contribution in [-0.2, 0) is 17.6 Å². The quantitative estimate of drug-likeness (QED) is 0.670. The monoisotopic (exact) mass is 355 g/mol. The summed E-state index contributed by atoms with van der Waals surface area (Å²) in [5, 5.41) is 8.48. The minimum Gasteiger partial charge on any atom is -0.332 e. The molecule has 0 aliphatic rings. The number of thiazole rings is 1. The van der Waals surface area contributed by atoms with E-state index in [1.165, 1.54) is 29.0 Å². The van der Waals surface area contributed by atoms with E-state index in [0.717, 1.165) is 17.2 Å². The Labute approximate surface area is 149 Å². The standard InChI is InChI=1S/C19H18FN3OS/c1-2-13-6-8-15(9-7-13)22-19-23-17(12-25-19)11-18(24)21-16-5-3-4-14(20)10-16/h3-10,12H,2,11H2,1H3,(H,21,24)(H,22,23). The number of carbonyl (C=O) groups excluding carboxylic acids is 1. The van der Waals surface area contributed by atoms with Crippen LogP contribution < -0.4 is 10.6 Å². The Morgan fingerprint density at radius 2 is 1.96 bits per heavy atom. The number of nitrogens with zero attached hydrogens (tertiary/aromatic N) is 1. The van der Waals surface area contributed by atoms with Crippen molar-refractivity contribution in [3.05, 3.63) is 71.0 Å². The molecule has 0 fully saturated rings. The van der Waals surface area contributed by atoms with Gasteiger partial charge in [0, 0.05) is 16.8 Å². The van der Waals surface area contributed by atoms with Crippen LogP contribution in [0.5, 0.6) is 0 Å². The van der Waals surface area contributed by atoms with Crippen molar-refractivity contribution in [2.75, 3.05) is 10.6 Å². The van der Waals surface area contributed by atoms with Crippen LogP contribution >= 0.6 is 11.3 Å². The van der Waals surface area contributed by atoms with E-state index < -0.39 is 0 Å². The van der Waals surface area contributed by atoms with Crippen molar-refractivity contribution < 1.29 is 9.18 Å². The highest BCUT2D eigenvalue weighted by molar-refractivity contribution is 7.13. The second kappa shape index (κ2) is 7.90. The number of nitrogens with one attached hydrogen (secondary N) is 2. The van der Waals surface area contributed by atoms with Crippen LogP contribution in [0.15, 0.2) is 53.9 Å². The fraction of sp³-hybridized carbons (Fsp3) is 0.158. The molecule has 0 saturated carbocycles. The summed E-state index contributed by atoms with van der Waals surface area (Å²) in [5.41, 5.74) is 3.35. The summed E-state index contributed by atoms with van der Waals surface area (Å²) < 4.78 is 13.1. The third kappa shape index (κ3) is 4.87. The molecular formula is C19H18FN3OS. The Morgan fingerprint density at radius 3 is 2.68 bits per heavy atom. The zero-order chi connectivity index (χ0) is 17.6. The first-order valence-electron chi connectivity index (χ1n) is 7.98.